The van der Waals surface area contributed by atoms with E-state index in [4.69, 9.17) is 17.3 Å². The maximum absolute atomic E-state index is 6.06. The van der Waals surface area contributed by atoms with E-state index in [0.29, 0.717) is 6.04 Å². The number of hydrogen-bond donors (Lipinski definition) is 2. The first kappa shape index (κ1) is 8.85. The van der Waals surface area contributed by atoms with Gasteiger partial charge in [0.1, 0.15) is 0 Å². The van der Waals surface area contributed by atoms with E-state index >= 15 is 0 Å². The van der Waals surface area contributed by atoms with Gasteiger partial charge in [-0.25, -0.2) is 0 Å². The molecular weight excluding hydrogens is 184 g/mol. The van der Waals surface area contributed by atoms with Gasteiger partial charge in [-0.15, -0.1) is 0 Å². The molecule has 0 aliphatic carbocycles. The zero-order valence-corrected chi connectivity index (χ0v) is 8.31. The number of halogens is 1. The second kappa shape index (κ2) is 3.20. The van der Waals surface area contributed by atoms with Gasteiger partial charge in [0.15, 0.2) is 0 Å². The molecule has 0 saturated heterocycles. The number of nitrogens with one attached hydrogen (secondary N) is 1. The summed E-state index contributed by atoms with van der Waals surface area (Å²) in [5.74, 6) is 0. The fourth-order valence-electron chi connectivity index (χ4n) is 1.69. The topological polar surface area (TPSA) is 38.0 Å². The Balaban J connectivity index is 2.30. The van der Waals surface area contributed by atoms with Crippen molar-refractivity contribution < 1.29 is 0 Å². The highest BCUT2D eigenvalue weighted by atomic mass is 35.5. The van der Waals surface area contributed by atoms with E-state index in [9.17, 15) is 0 Å². The highest BCUT2D eigenvalue weighted by molar-refractivity contribution is 6.31. The predicted octanol–water partition coefficient (Wildman–Crippen LogP) is 2.02. The van der Waals surface area contributed by atoms with Gasteiger partial charge in [-0.05, 0) is 31.0 Å². The van der Waals surface area contributed by atoms with Gasteiger partial charge in [0.25, 0.3) is 0 Å². The monoisotopic (exact) mass is 196 g/mol. The molecule has 1 heterocycles. The van der Waals surface area contributed by atoms with Crippen LogP contribution in [0.15, 0.2) is 18.2 Å². The van der Waals surface area contributed by atoms with Crippen LogP contribution in [0.2, 0.25) is 5.02 Å². The summed E-state index contributed by atoms with van der Waals surface area (Å²) in [7, 11) is 0. The summed E-state index contributed by atoms with van der Waals surface area (Å²) in [4.78, 5) is 0. The van der Waals surface area contributed by atoms with Crippen LogP contribution in [-0.2, 0) is 6.42 Å². The third-order valence-corrected chi connectivity index (χ3v) is 2.87. The van der Waals surface area contributed by atoms with Gasteiger partial charge in [0, 0.05) is 22.8 Å². The first-order valence-corrected chi connectivity index (χ1v) is 4.86. The summed E-state index contributed by atoms with van der Waals surface area (Å²) in [5, 5.41) is 4.21. The molecule has 3 heteroatoms. The van der Waals surface area contributed by atoms with Crippen LogP contribution in [0.1, 0.15) is 12.5 Å². The molecule has 2 nitrogen and oxygen atoms in total. The van der Waals surface area contributed by atoms with Crippen molar-refractivity contribution in [1.82, 2.24) is 0 Å². The summed E-state index contributed by atoms with van der Waals surface area (Å²) in [6, 6.07) is 6.41. The van der Waals surface area contributed by atoms with Crippen molar-refractivity contribution in [3.63, 3.8) is 0 Å². The fraction of sp³-hybridized carbons (Fsp3) is 0.400. The second-order valence-electron chi connectivity index (χ2n) is 3.58. The lowest BCUT2D eigenvalue weighted by Crippen LogP contribution is -2.36. The first-order valence-electron chi connectivity index (χ1n) is 4.48. The smallest absolute Gasteiger partial charge is 0.0459 e. The number of fused-ring (bicyclic) bond motifs is 1. The average molecular weight is 197 g/mol. The van der Waals surface area contributed by atoms with Crippen LogP contribution in [-0.4, -0.2) is 12.1 Å². The van der Waals surface area contributed by atoms with E-state index in [-0.39, 0.29) is 6.04 Å². The first-order chi connectivity index (χ1) is 6.18. The van der Waals surface area contributed by atoms with E-state index in [1.807, 2.05) is 25.1 Å². The Bertz CT molecular complexity index is 323. The van der Waals surface area contributed by atoms with E-state index in [1.165, 1.54) is 5.56 Å². The number of nitrogens with two attached hydrogens (primary N) is 1. The third-order valence-electron chi connectivity index (χ3n) is 2.52. The largest absolute Gasteiger partial charge is 0.380 e. The molecular formula is C10H13ClN2. The van der Waals surface area contributed by atoms with Crippen molar-refractivity contribution in [2.24, 2.45) is 5.73 Å². The van der Waals surface area contributed by atoms with Crippen LogP contribution in [0.4, 0.5) is 5.69 Å². The lowest BCUT2D eigenvalue weighted by molar-refractivity contribution is 0.612. The van der Waals surface area contributed by atoms with Crippen LogP contribution in [0.5, 0.6) is 0 Å². The molecule has 0 saturated carbocycles. The molecule has 1 aromatic carbocycles. The van der Waals surface area contributed by atoms with Crippen LogP contribution < -0.4 is 11.1 Å². The molecule has 2 atom stereocenters. The van der Waals surface area contributed by atoms with E-state index in [0.717, 1.165) is 17.1 Å². The van der Waals surface area contributed by atoms with Gasteiger partial charge >= 0.3 is 0 Å². The van der Waals surface area contributed by atoms with Crippen molar-refractivity contribution in [3.8, 4) is 0 Å². The molecule has 1 aliphatic heterocycles. The molecule has 0 amide bonds. The van der Waals surface area contributed by atoms with Crippen LogP contribution >= 0.6 is 11.6 Å². The van der Waals surface area contributed by atoms with Crippen LogP contribution in [0.3, 0.4) is 0 Å². The van der Waals surface area contributed by atoms with Gasteiger partial charge in [-0.2, -0.15) is 0 Å². The predicted molar refractivity (Wildman–Crippen MR) is 56.2 cm³/mol. The fourth-order valence-corrected chi connectivity index (χ4v) is 1.94. The summed E-state index contributed by atoms with van der Waals surface area (Å²) in [6.45, 7) is 2.01. The van der Waals surface area contributed by atoms with Gasteiger partial charge in [-0.3, -0.25) is 0 Å². The molecule has 13 heavy (non-hydrogen) atoms. The van der Waals surface area contributed by atoms with Crippen molar-refractivity contribution >= 4 is 17.3 Å². The van der Waals surface area contributed by atoms with E-state index < -0.39 is 0 Å². The Labute approximate surface area is 83.1 Å². The number of benzene rings is 1. The maximum atomic E-state index is 6.06. The lowest BCUT2D eigenvalue weighted by Gasteiger charge is -2.14. The van der Waals surface area contributed by atoms with Crippen molar-refractivity contribution in [2.75, 3.05) is 5.32 Å². The summed E-state index contributed by atoms with van der Waals surface area (Å²) >= 11 is 6.06. The Morgan fingerprint density at radius 1 is 1.62 bits per heavy atom. The minimum Gasteiger partial charge on any atom is -0.380 e. The van der Waals surface area contributed by atoms with Gasteiger partial charge in [0.05, 0.1) is 0 Å². The molecule has 0 radical (unpaired) electrons. The quantitative estimate of drug-likeness (QED) is 0.722. The van der Waals surface area contributed by atoms with Crippen LogP contribution in [0, 0.1) is 0 Å². The van der Waals surface area contributed by atoms with Gasteiger partial charge in [0.2, 0.25) is 0 Å². The molecule has 1 aliphatic rings. The van der Waals surface area contributed by atoms with Crippen molar-refractivity contribution in [2.45, 2.75) is 25.4 Å². The zero-order valence-electron chi connectivity index (χ0n) is 7.55. The minimum absolute atomic E-state index is 0.156. The van der Waals surface area contributed by atoms with Crippen molar-refractivity contribution in [1.29, 1.82) is 0 Å². The van der Waals surface area contributed by atoms with Crippen molar-refractivity contribution in [3.05, 3.63) is 28.8 Å². The summed E-state index contributed by atoms with van der Waals surface area (Å²) in [5.41, 5.74) is 8.16. The molecule has 0 spiro atoms. The normalized spacial score (nSPS) is 22.2. The molecule has 3 N–H and O–H groups in total. The molecule has 2 rings (SSSR count). The average Bonchev–Trinajstić information content (AvgIpc) is 2.49. The van der Waals surface area contributed by atoms with Gasteiger partial charge < -0.3 is 11.1 Å². The summed E-state index contributed by atoms with van der Waals surface area (Å²) < 4.78 is 0. The van der Waals surface area contributed by atoms with Crippen LogP contribution in [0.25, 0.3) is 0 Å². The highest BCUT2D eigenvalue weighted by Gasteiger charge is 2.24. The molecule has 0 bridgehead atoms. The molecule has 1 aromatic rings. The lowest BCUT2D eigenvalue weighted by atomic mass is 10.1. The maximum Gasteiger partial charge on any atom is 0.0459 e. The molecule has 0 aromatic heterocycles. The second-order valence-corrected chi connectivity index (χ2v) is 3.99. The third kappa shape index (κ3) is 1.52. The standard InChI is InChI=1S/C10H13ClN2/c1-6(12)10-5-7-8(11)3-2-4-9(7)13-10/h2-4,6,10,13H,5,12H2,1H3. The number of anilines is 1. The van der Waals surface area contributed by atoms with Gasteiger partial charge in [-0.1, -0.05) is 17.7 Å². The Morgan fingerprint density at radius 2 is 2.38 bits per heavy atom. The molecule has 70 valence electrons. The minimum atomic E-state index is 0.156. The number of hydrogen-bond acceptors (Lipinski definition) is 2. The van der Waals surface area contributed by atoms with E-state index in [2.05, 4.69) is 5.32 Å². The Hall–Kier alpha value is -0.730. The molecule has 2 unspecified atom stereocenters. The number of rotatable bonds is 1. The van der Waals surface area contributed by atoms with E-state index in [1.54, 1.807) is 0 Å². The Morgan fingerprint density at radius 3 is 3.00 bits per heavy atom. The zero-order chi connectivity index (χ0) is 9.42. The SMILES string of the molecule is CC(N)C1Cc2c(Cl)cccc2N1. The Kier molecular flexibility index (Phi) is 2.18. The highest BCUT2D eigenvalue weighted by Crippen LogP contribution is 2.32. The molecule has 0 fully saturated rings. The summed E-state index contributed by atoms with van der Waals surface area (Å²) in [6.07, 6.45) is 0.937.